The van der Waals surface area contributed by atoms with Gasteiger partial charge in [0.15, 0.2) is 0 Å². The molecule has 0 radical (unpaired) electrons. The van der Waals surface area contributed by atoms with Crippen molar-refractivity contribution in [2.24, 2.45) is 17.8 Å². The zero-order valence-electron chi connectivity index (χ0n) is 18.8. The third-order valence-corrected chi connectivity index (χ3v) is 7.53. The summed E-state index contributed by atoms with van der Waals surface area (Å²) in [5.74, 6) is 1.35. The van der Waals surface area contributed by atoms with E-state index in [1.165, 1.54) is 77.4 Å². The van der Waals surface area contributed by atoms with Crippen LogP contribution in [0.2, 0.25) is 0 Å². The van der Waals surface area contributed by atoms with Gasteiger partial charge in [0.05, 0.1) is 12.2 Å². The molecule has 3 aliphatic rings. The van der Waals surface area contributed by atoms with Crippen molar-refractivity contribution in [2.75, 3.05) is 19.6 Å². The number of hydrogen-bond acceptors (Lipinski definition) is 3. The first kappa shape index (κ1) is 23.0. The zero-order chi connectivity index (χ0) is 20.5. The Bertz CT molecular complexity index is 523. The lowest BCUT2D eigenvalue weighted by molar-refractivity contribution is 0.139. The number of hydrogen-bond donors (Lipinski definition) is 2. The molecule has 3 heteroatoms. The van der Waals surface area contributed by atoms with Gasteiger partial charge in [0.2, 0.25) is 0 Å². The predicted octanol–water partition coefficient (Wildman–Crippen LogP) is 5.47. The van der Waals surface area contributed by atoms with Crippen molar-refractivity contribution in [1.82, 2.24) is 4.90 Å². The van der Waals surface area contributed by atoms with E-state index in [-0.39, 0.29) is 18.1 Å². The molecule has 1 aliphatic heterocycles. The van der Waals surface area contributed by atoms with E-state index in [1.807, 2.05) is 6.08 Å². The van der Waals surface area contributed by atoms with Gasteiger partial charge in [0.25, 0.3) is 0 Å². The molecule has 3 rings (SSSR count). The van der Waals surface area contributed by atoms with Crippen molar-refractivity contribution < 1.29 is 10.2 Å². The van der Waals surface area contributed by atoms with Gasteiger partial charge in [0.1, 0.15) is 0 Å². The van der Waals surface area contributed by atoms with E-state index in [1.54, 1.807) is 5.57 Å². The summed E-state index contributed by atoms with van der Waals surface area (Å²) < 4.78 is 0. The lowest BCUT2D eigenvalue weighted by Gasteiger charge is -2.26. The maximum absolute atomic E-state index is 10.5. The van der Waals surface area contributed by atoms with Gasteiger partial charge in [0, 0.05) is 5.92 Å². The highest BCUT2D eigenvalue weighted by Gasteiger charge is 2.43. The topological polar surface area (TPSA) is 43.7 Å². The van der Waals surface area contributed by atoms with Crippen molar-refractivity contribution >= 4 is 0 Å². The first-order valence-electron chi connectivity index (χ1n) is 12.6. The lowest BCUT2D eigenvalue weighted by Crippen LogP contribution is -2.30. The molecule has 0 unspecified atom stereocenters. The van der Waals surface area contributed by atoms with Crippen LogP contribution < -0.4 is 0 Å². The molecule has 0 spiro atoms. The smallest absolute Gasteiger partial charge is 0.0721 e. The summed E-state index contributed by atoms with van der Waals surface area (Å²) in [6, 6.07) is 0. The van der Waals surface area contributed by atoms with E-state index >= 15 is 0 Å². The van der Waals surface area contributed by atoms with Gasteiger partial charge in [-0.15, -0.1) is 0 Å². The Hall–Kier alpha value is -0.640. The van der Waals surface area contributed by atoms with Crippen molar-refractivity contribution in [3.05, 3.63) is 23.8 Å². The van der Waals surface area contributed by atoms with E-state index in [2.05, 4.69) is 24.0 Å². The average Bonchev–Trinajstić information content (AvgIpc) is 3.23. The van der Waals surface area contributed by atoms with Crippen LogP contribution in [0.25, 0.3) is 0 Å². The predicted molar refractivity (Wildman–Crippen MR) is 122 cm³/mol. The highest BCUT2D eigenvalue weighted by Crippen LogP contribution is 2.48. The minimum Gasteiger partial charge on any atom is -0.392 e. The number of nitrogens with zero attached hydrogens (tertiary/aromatic N) is 1. The SMILES string of the molecule is CCCCC[C@@H](O)C=C[C@@H]1[C@H]2CC(CCCCCN3CCCCC3)=C[C@H]2C[C@H]1O. The monoisotopic (exact) mass is 403 g/mol. The van der Waals surface area contributed by atoms with Crippen LogP contribution in [-0.2, 0) is 0 Å². The Morgan fingerprint density at radius 1 is 1.10 bits per heavy atom. The van der Waals surface area contributed by atoms with Crippen LogP contribution in [0, 0.1) is 17.8 Å². The van der Waals surface area contributed by atoms with Gasteiger partial charge in [-0.3, -0.25) is 0 Å². The number of allylic oxidation sites excluding steroid dienone is 2. The first-order chi connectivity index (χ1) is 14.2. The number of rotatable bonds is 12. The Labute approximate surface area is 179 Å². The second-order valence-electron chi connectivity index (χ2n) is 9.90. The maximum atomic E-state index is 10.5. The number of likely N-dealkylation sites (tertiary alicyclic amines) is 1. The molecule has 5 atom stereocenters. The van der Waals surface area contributed by atoms with Crippen molar-refractivity contribution in [3.63, 3.8) is 0 Å². The van der Waals surface area contributed by atoms with Gasteiger partial charge in [-0.1, -0.05) is 62.8 Å². The summed E-state index contributed by atoms with van der Waals surface area (Å²) in [6.07, 6.45) is 21.9. The molecule has 1 saturated heterocycles. The quantitative estimate of drug-likeness (QED) is 0.335. The molecule has 2 fully saturated rings. The largest absolute Gasteiger partial charge is 0.392 e. The molecule has 0 aromatic heterocycles. The zero-order valence-corrected chi connectivity index (χ0v) is 18.8. The van der Waals surface area contributed by atoms with Crippen LogP contribution >= 0.6 is 0 Å². The van der Waals surface area contributed by atoms with Gasteiger partial charge >= 0.3 is 0 Å². The highest BCUT2D eigenvalue weighted by molar-refractivity contribution is 5.21. The molecule has 1 heterocycles. The van der Waals surface area contributed by atoms with Crippen molar-refractivity contribution in [3.8, 4) is 0 Å². The molecule has 0 aromatic carbocycles. The molecule has 166 valence electrons. The number of unbranched alkanes of at least 4 members (excludes halogenated alkanes) is 4. The first-order valence-corrected chi connectivity index (χ1v) is 12.6. The van der Waals surface area contributed by atoms with Gasteiger partial charge in [-0.2, -0.15) is 0 Å². The molecular formula is C26H45NO2. The average molecular weight is 404 g/mol. The van der Waals surface area contributed by atoms with Crippen molar-refractivity contribution in [1.29, 1.82) is 0 Å². The molecule has 0 amide bonds. The summed E-state index contributed by atoms with van der Waals surface area (Å²) in [4.78, 5) is 2.65. The Balaban J connectivity index is 1.34. The summed E-state index contributed by atoms with van der Waals surface area (Å²) in [6.45, 7) is 6.12. The summed E-state index contributed by atoms with van der Waals surface area (Å²) in [5.41, 5.74) is 1.63. The molecule has 3 nitrogen and oxygen atoms in total. The van der Waals surface area contributed by atoms with Crippen LogP contribution in [0.4, 0.5) is 0 Å². The number of aliphatic hydroxyl groups is 2. The number of aliphatic hydroxyl groups excluding tert-OH is 2. The third kappa shape index (κ3) is 7.22. The number of fused-ring (bicyclic) bond motifs is 1. The Kier molecular flexibility index (Phi) is 9.75. The second-order valence-corrected chi connectivity index (χ2v) is 9.90. The molecular weight excluding hydrogens is 358 g/mol. The minimum atomic E-state index is -0.346. The summed E-state index contributed by atoms with van der Waals surface area (Å²) in [7, 11) is 0. The Morgan fingerprint density at radius 2 is 1.93 bits per heavy atom. The van der Waals surface area contributed by atoms with Crippen LogP contribution in [0.3, 0.4) is 0 Å². The van der Waals surface area contributed by atoms with Crippen LogP contribution in [0.5, 0.6) is 0 Å². The van der Waals surface area contributed by atoms with Crippen LogP contribution in [-0.4, -0.2) is 47.0 Å². The van der Waals surface area contributed by atoms with Gasteiger partial charge in [-0.05, 0) is 82.8 Å². The van der Waals surface area contributed by atoms with Crippen LogP contribution in [0.15, 0.2) is 23.8 Å². The fraction of sp³-hybridized carbons (Fsp3) is 0.846. The fourth-order valence-electron chi connectivity index (χ4n) is 5.79. The third-order valence-electron chi connectivity index (χ3n) is 7.53. The van der Waals surface area contributed by atoms with Gasteiger partial charge in [-0.25, -0.2) is 0 Å². The Morgan fingerprint density at radius 3 is 2.72 bits per heavy atom. The normalized spacial score (nSPS) is 31.3. The molecule has 1 saturated carbocycles. The van der Waals surface area contributed by atoms with E-state index in [0.717, 1.165) is 25.7 Å². The molecule has 0 aromatic rings. The fourth-order valence-corrected chi connectivity index (χ4v) is 5.79. The minimum absolute atomic E-state index is 0.230. The summed E-state index contributed by atoms with van der Waals surface area (Å²) in [5, 5.41) is 20.7. The number of piperidine rings is 1. The standard InChI is InChI=1S/C26H45NO2/c1-2-3-6-12-23(28)13-14-24-25-19-21(18-22(25)20-26(24)29)11-7-4-8-15-27-16-9-5-10-17-27/h13-14,18,22-26,28-29H,2-12,15-17,19-20H2,1H3/t22-,23+,24+,25-,26+/m0/s1. The van der Waals surface area contributed by atoms with E-state index < -0.39 is 0 Å². The van der Waals surface area contributed by atoms with E-state index in [9.17, 15) is 10.2 Å². The maximum Gasteiger partial charge on any atom is 0.0721 e. The van der Waals surface area contributed by atoms with E-state index in [4.69, 9.17) is 0 Å². The second kappa shape index (κ2) is 12.3. The lowest BCUT2D eigenvalue weighted by atomic mass is 9.88. The van der Waals surface area contributed by atoms with Gasteiger partial charge < -0.3 is 15.1 Å². The molecule has 0 bridgehead atoms. The van der Waals surface area contributed by atoms with Crippen LogP contribution in [0.1, 0.15) is 90.4 Å². The highest BCUT2D eigenvalue weighted by atomic mass is 16.3. The molecule has 29 heavy (non-hydrogen) atoms. The molecule has 2 aliphatic carbocycles. The summed E-state index contributed by atoms with van der Waals surface area (Å²) >= 11 is 0. The van der Waals surface area contributed by atoms with E-state index in [0.29, 0.717) is 11.8 Å². The molecule has 2 N–H and O–H groups in total. The van der Waals surface area contributed by atoms with Crippen molar-refractivity contribution in [2.45, 2.75) is 103 Å².